The molecule has 0 heterocycles. The Hall–Kier alpha value is -1.21. The van der Waals surface area contributed by atoms with E-state index in [1.807, 2.05) is 6.92 Å². The number of anilines is 1. The molecule has 5 nitrogen and oxygen atoms in total. The summed E-state index contributed by atoms with van der Waals surface area (Å²) in [5, 5.41) is 16.7. The summed E-state index contributed by atoms with van der Waals surface area (Å²) in [5.41, 5.74) is 0.0448. The van der Waals surface area contributed by atoms with E-state index in [9.17, 15) is 14.5 Å². The Labute approximate surface area is 107 Å². The fourth-order valence-corrected chi connectivity index (χ4v) is 1.63. The van der Waals surface area contributed by atoms with Crippen LogP contribution < -0.4 is 10.6 Å². The number of rotatable bonds is 6. The second kappa shape index (κ2) is 6.51. The van der Waals surface area contributed by atoms with Gasteiger partial charge in [0.1, 0.15) is 11.5 Å². The Morgan fingerprint density at radius 1 is 1.47 bits per heavy atom. The van der Waals surface area contributed by atoms with Gasteiger partial charge in [0.25, 0.3) is 5.69 Å². The van der Waals surface area contributed by atoms with Crippen molar-refractivity contribution < 1.29 is 9.31 Å². The molecule has 17 heavy (non-hydrogen) atoms. The van der Waals surface area contributed by atoms with Crippen molar-refractivity contribution in [1.82, 2.24) is 5.32 Å². The maximum absolute atomic E-state index is 13.2. The quantitative estimate of drug-likeness (QED) is 0.481. The van der Waals surface area contributed by atoms with E-state index < -0.39 is 10.7 Å². The van der Waals surface area contributed by atoms with E-state index >= 15 is 0 Å². The number of likely N-dealkylation sites (N-methyl/N-ethyl adjacent to an activating group) is 1. The van der Waals surface area contributed by atoms with Crippen molar-refractivity contribution in [2.75, 3.05) is 25.0 Å². The van der Waals surface area contributed by atoms with Crippen LogP contribution in [0.5, 0.6) is 0 Å². The molecule has 0 bridgehead atoms. The molecule has 0 atom stereocenters. The number of nitro benzene ring substituents is 1. The third-order valence-electron chi connectivity index (χ3n) is 2.10. The van der Waals surface area contributed by atoms with Gasteiger partial charge in [-0.2, -0.15) is 0 Å². The Bertz CT molecular complexity index is 415. The van der Waals surface area contributed by atoms with Crippen LogP contribution in [0.25, 0.3) is 0 Å². The summed E-state index contributed by atoms with van der Waals surface area (Å²) in [4.78, 5) is 10.1. The number of hydrogen-bond acceptors (Lipinski definition) is 4. The number of benzene rings is 1. The van der Waals surface area contributed by atoms with Crippen molar-refractivity contribution in [2.45, 2.75) is 6.92 Å². The number of nitrogens with zero attached hydrogens (tertiary/aromatic N) is 1. The summed E-state index contributed by atoms with van der Waals surface area (Å²) in [7, 11) is 0. The minimum absolute atomic E-state index is 0.203. The molecule has 1 aromatic carbocycles. The molecule has 7 heteroatoms. The third kappa shape index (κ3) is 3.94. The Kier molecular flexibility index (Phi) is 5.30. The van der Waals surface area contributed by atoms with E-state index in [1.165, 1.54) is 6.07 Å². The van der Waals surface area contributed by atoms with Gasteiger partial charge in [-0.15, -0.1) is 0 Å². The van der Waals surface area contributed by atoms with Crippen LogP contribution in [0.4, 0.5) is 15.8 Å². The average molecular weight is 306 g/mol. The van der Waals surface area contributed by atoms with Crippen LogP contribution in [0.2, 0.25) is 0 Å². The molecule has 0 spiro atoms. The minimum Gasteiger partial charge on any atom is -0.378 e. The van der Waals surface area contributed by atoms with Crippen LogP contribution in [0.3, 0.4) is 0 Å². The van der Waals surface area contributed by atoms with Gasteiger partial charge in [0.15, 0.2) is 0 Å². The third-order valence-corrected chi connectivity index (χ3v) is 2.71. The highest BCUT2D eigenvalue weighted by molar-refractivity contribution is 9.10. The zero-order chi connectivity index (χ0) is 12.8. The van der Waals surface area contributed by atoms with E-state index in [2.05, 4.69) is 26.6 Å². The average Bonchev–Trinajstić information content (AvgIpc) is 2.28. The van der Waals surface area contributed by atoms with Gasteiger partial charge in [-0.25, -0.2) is 4.39 Å². The molecule has 0 aliphatic carbocycles. The van der Waals surface area contributed by atoms with Gasteiger partial charge in [0.2, 0.25) is 0 Å². The van der Waals surface area contributed by atoms with Crippen LogP contribution in [0, 0.1) is 15.9 Å². The molecule has 0 aliphatic heterocycles. The molecule has 94 valence electrons. The van der Waals surface area contributed by atoms with E-state index in [0.717, 1.165) is 12.6 Å². The highest BCUT2D eigenvalue weighted by Gasteiger charge is 2.17. The van der Waals surface area contributed by atoms with Crippen LogP contribution in [-0.4, -0.2) is 24.6 Å². The van der Waals surface area contributed by atoms with Gasteiger partial charge in [-0.1, -0.05) is 6.92 Å². The molecule has 0 saturated heterocycles. The van der Waals surface area contributed by atoms with Crippen molar-refractivity contribution in [3.8, 4) is 0 Å². The van der Waals surface area contributed by atoms with Gasteiger partial charge >= 0.3 is 0 Å². The fraction of sp³-hybridized carbons (Fsp3) is 0.400. The Morgan fingerprint density at radius 3 is 2.76 bits per heavy atom. The number of nitro groups is 1. The lowest BCUT2D eigenvalue weighted by Gasteiger charge is -2.08. The predicted octanol–water partition coefficient (Wildman–Crippen LogP) is 2.52. The zero-order valence-corrected chi connectivity index (χ0v) is 10.9. The van der Waals surface area contributed by atoms with Crippen molar-refractivity contribution in [3.63, 3.8) is 0 Å². The zero-order valence-electron chi connectivity index (χ0n) is 9.30. The first-order valence-electron chi connectivity index (χ1n) is 5.14. The number of nitrogens with one attached hydrogen (secondary N) is 2. The van der Waals surface area contributed by atoms with Crippen molar-refractivity contribution in [3.05, 3.63) is 32.5 Å². The van der Waals surface area contributed by atoms with Crippen LogP contribution in [0.1, 0.15) is 6.92 Å². The summed E-state index contributed by atoms with van der Waals surface area (Å²) >= 11 is 3.00. The summed E-state index contributed by atoms with van der Waals surface area (Å²) in [6.45, 7) is 4.02. The number of halogens is 2. The summed E-state index contributed by atoms with van der Waals surface area (Å²) in [6, 6.07) is 2.28. The molecule has 1 aromatic rings. The molecule has 0 unspecified atom stereocenters. The first-order valence-corrected chi connectivity index (χ1v) is 5.93. The first kappa shape index (κ1) is 13.9. The standard InChI is InChI=1S/C10H13BrFN3O2/c1-2-13-3-4-14-9-5-7(11)8(12)6-10(9)15(16)17/h5-6,13-14H,2-4H2,1H3. The number of hydrogen-bond donors (Lipinski definition) is 2. The topological polar surface area (TPSA) is 67.2 Å². The van der Waals surface area contributed by atoms with Crippen LogP contribution in [0.15, 0.2) is 16.6 Å². The maximum Gasteiger partial charge on any atom is 0.295 e. The normalized spacial score (nSPS) is 10.3. The molecule has 1 rings (SSSR count). The molecule has 0 amide bonds. The highest BCUT2D eigenvalue weighted by Crippen LogP contribution is 2.30. The van der Waals surface area contributed by atoms with E-state index in [0.29, 0.717) is 18.8 Å². The molecule has 0 aliphatic rings. The molecule has 0 fully saturated rings. The smallest absolute Gasteiger partial charge is 0.295 e. The summed E-state index contributed by atoms with van der Waals surface area (Å²) in [6.07, 6.45) is 0. The lowest BCUT2D eigenvalue weighted by Crippen LogP contribution is -2.21. The first-order chi connectivity index (χ1) is 8.06. The lowest BCUT2D eigenvalue weighted by atomic mass is 10.2. The van der Waals surface area contributed by atoms with Gasteiger partial charge < -0.3 is 10.6 Å². The van der Waals surface area contributed by atoms with Gasteiger partial charge in [-0.05, 0) is 28.5 Å². The largest absolute Gasteiger partial charge is 0.378 e. The van der Waals surface area contributed by atoms with E-state index in [4.69, 9.17) is 0 Å². The fourth-order valence-electron chi connectivity index (χ4n) is 1.29. The Balaban J connectivity index is 2.81. The second-order valence-corrected chi connectivity index (χ2v) is 4.18. The molecule has 2 N–H and O–H groups in total. The minimum atomic E-state index is -0.645. The Morgan fingerprint density at radius 2 is 2.18 bits per heavy atom. The van der Waals surface area contributed by atoms with Crippen molar-refractivity contribution in [2.24, 2.45) is 0 Å². The summed E-state index contributed by atoms with van der Waals surface area (Å²) < 4.78 is 13.4. The maximum atomic E-state index is 13.2. The summed E-state index contributed by atoms with van der Waals surface area (Å²) in [5.74, 6) is -0.645. The molecule has 0 aromatic heterocycles. The van der Waals surface area contributed by atoms with E-state index in [-0.39, 0.29) is 10.2 Å². The SMILES string of the molecule is CCNCCNc1cc(Br)c(F)cc1[N+](=O)[O-]. The molecular weight excluding hydrogens is 293 g/mol. The lowest BCUT2D eigenvalue weighted by molar-refractivity contribution is -0.384. The highest BCUT2D eigenvalue weighted by atomic mass is 79.9. The molecule has 0 radical (unpaired) electrons. The van der Waals surface area contributed by atoms with Gasteiger partial charge in [-0.3, -0.25) is 10.1 Å². The van der Waals surface area contributed by atoms with Crippen molar-refractivity contribution >= 4 is 27.3 Å². The van der Waals surface area contributed by atoms with Crippen LogP contribution in [-0.2, 0) is 0 Å². The predicted molar refractivity (Wildman–Crippen MR) is 67.8 cm³/mol. The molecular formula is C10H13BrFN3O2. The second-order valence-electron chi connectivity index (χ2n) is 3.32. The van der Waals surface area contributed by atoms with Gasteiger partial charge in [0, 0.05) is 13.1 Å². The van der Waals surface area contributed by atoms with Crippen molar-refractivity contribution in [1.29, 1.82) is 0 Å². The molecule has 0 saturated carbocycles. The monoisotopic (exact) mass is 305 g/mol. The van der Waals surface area contributed by atoms with Gasteiger partial charge in [0.05, 0.1) is 15.5 Å². The van der Waals surface area contributed by atoms with E-state index in [1.54, 1.807) is 0 Å². The van der Waals surface area contributed by atoms with Crippen LogP contribution >= 0.6 is 15.9 Å².